The van der Waals surface area contributed by atoms with Gasteiger partial charge in [-0.2, -0.15) is 0 Å². The molecule has 0 bridgehead atoms. The minimum Gasteiger partial charge on any atom is -0.309 e. The molecule has 0 saturated carbocycles. The third kappa shape index (κ3) is 8.48. The van der Waals surface area contributed by atoms with Crippen molar-refractivity contribution in [2.75, 3.05) is 61.9 Å². The molecule has 0 rings (SSSR count). The first-order valence-corrected chi connectivity index (χ1v) is 5.36. The lowest BCUT2D eigenvalue weighted by molar-refractivity contribution is 0.231. The van der Waals surface area contributed by atoms with E-state index in [9.17, 15) is 0 Å². The van der Waals surface area contributed by atoms with Crippen LogP contribution in [0.1, 0.15) is 6.42 Å². The van der Waals surface area contributed by atoms with Crippen molar-refractivity contribution in [3.63, 3.8) is 0 Å². The van der Waals surface area contributed by atoms with Crippen LogP contribution in [0.3, 0.4) is 0 Å². The van der Waals surface area contributed by atoms with Crippen molar-refractivity contribution < 1.29 is 0 Å². The van der Waals surface area contributed by atoms with Crippen molar-refractivity contribution in [3.05, 3.63) is 0 Å². The topological polar surface area (TPSA) is 9.72 Å². The van der Waals surface area contributed by atoms with Crippen LogP contribution in [0.25, 0.3) is 0 Å². The average molecular weight is 201 g/mol. The Bertz CT molecular complexity index is 122. The Morgan fingerprint density at radius 1 is 0.714 bits per heavy atom. The second-order valence-electron chi connectivity index (χ2n) is 4.98. The van der Waals surface area contributed by atoms with E-state index >= 15 is 0 Å². The summed E-state index contributed by atoms with van der Waals surface area (Å²) >= 11 is 0. The molecule has 0 unspecified atom stereocenters. The van der Waals surface area contributed by atoms with Crippen LogP contribution in [-0.4, -0.2) is 76.6 Å². The van der Waals surface area contributed by atoms with E-state index in [0.717, 1.165) is 5.92 Å². The molecule has 0 N–H and O–H groups in total. The van der Waals surface area contributed by atoms with Gasteiger partial charge in [-0.3, -0.25) is 0 Å². The fraction of sp³-hybridized carbons (Fsp3) is 1.00. The van der Waals surface area contributed by atoms with Crippen LogP contribution in [0.2, 0.25) is 0 Å². The highest BCUT2D eigenvalue weighted by Crippen LogP contribution is 2.06. The zero-order valence-corrected chi connectivity index (χ0v) is 10.7. The van der Waals surface area contributed by atoms with Crippen LogP contribution >= 0.6 is 0 Å². The third-order valence-electron chi connectivity index (χ3n) is 2.23. The van der Waals surface area contributed by atoms with Gasteiger partial charge in [-0.05, 0) is 61.2 Å². The zero-order valence-electron chi connectivity index (χ0n) is 10.7. The summed E-state index contributed by atoms with van der Waals surface area (Å²) in [6.45, 7) is 3.56. The molecule has 0 aliphatic heterocycles. The SMILES string of the molecule is CN(C)CCC(CN(C)C)CN(C)C. The van der Waals surface area contributed by atoms with Crippen molar-refractivity contribution in [2.24, 2.45) is 5.92 Å². The molecule has 0 fully saturated rings. The van der Waals surface area contributed by atoms with Gasteiger partial charge in [-0.1, -0.05) is 0 Å². The number of rotatable bonds is 7. The van der Waals surface area contributed by atoms with Crippen LogP contribution in [0.15, 0.2) is 0 Å². The Morgan fingerprint density at radius 2 is 1.14 bits per heavy atom. The molecule has 86 valence electrons. The van der Waals surface area contributed by atoms with E-state index in [1.54, 1.807) is 0 Å². The number of hydrogen-bond donors (Lipinski definition) is 0. The van der Waals surface area contributed by atoms with Crippen LogP contribution < -0.4 is 0 Å². The summed E-state index contributed by atoms with van der Waals surface area (Å²) in [5.41, 5.74) is 0. The molecule has 0 amide bonds. The molecule has 3 nitrogen and oxygen atoms in total. The molecule has 0 saturated heterocycles. The minimum atomic E-state index is 0.780. The smallest absolute Gasteiger partial charge is 0.00163 e. The summed E-state index contributed by atoms with van der Waals surface area (Å²) in [5.74, 6) is 0.780. The van der Waals surface area contributed by atoms with E-state index in [1.165, 1.54) is 26.1 Å². The first-order valence-electron chi connectivity index (χ1n) is 5.36. The van der Waals surface area contributed by atoms with Gasteiger partial charge in [0.25, 0.3) is 0 Å². The van der Waals surface area contributed by atoms with Crippen molar-refractivity contribution in [3.8, 4) is 0 Å². The maximum atomic E-state index is 2.28. The fourth-order valence-electron chi connectivity index (χ4n) is 1.71. The summed E-state index contributed by atoms with van der Waals surface area (Å²) in [6.07, 6.45) is 1.28. The maximum absolute atomic E-state index is 2.28. The average Bonchev–Trinajstić information content (AvgIpc) is 1.97. The van der Waals surface area contributed by atoms with Crippen molar-refractivity contribution in [1.29, 1.82) is 0 Å². The van der Waals surface area contributed by atoms with Gasteiger partial charge in [0.2, 0.25) is 0 Å². The van der Waals surface area contributed by atoms with Gasteiger partial charge in [-0.15, -0.1) is 0 Å². The van der Waals surface area contributed by atoms with Crippen molar-refractivity contribution in [2.45, 2.75) is 6.42 Å². The highest BCUT2D eigenvalue weighted by atomic mass is 15.1. The molecule has 0 atom stereocenters. The molecular weight excluding hydrogens is 174 g/mol. The summed E-state index contributed by atoms with van der Waals surface area (Å²) in [6, 6.07) is 0. The summed E-state index contributed by atoms with van der Waals surface area (Å²) in [4.78, 5) is 6.83. The largest absolute Gasteiger partial charge is 0.309 e. The lowest BCUT2D eigenvalue weighted by Crippen LogP contribution is -2.32. The highest BCUT2D eigenvalue weighted by Gasteiger charge is 2.11. The Balaban J connectivity index is 3.84. The van der Waals surface area contributed by atoms with E-state index < -0.39 is 0 Å². The van der Waals surface area contributed by atoms with Crippen LogP contribution in [0.4, 0.5) is 0 Å². The molecule has 0 spiro atoms. The Kier molecular flexibility index (Phi) is 7.15. The van der Waals surface area contributed by atoms with E-state index in [-0.39, 0.29) is 0 Å². The Hall–Kier alpha value is -0.120. The molecule has 0 aromatic heterocycles. The van der Waals surface area contributed by atoms with Crippen LogP contribution in [0.5, 0.6) is 0 Å². The molecule has 0 aromatic carbocycles. The number of nitrogens with zero attached hydrogens (tertiary/aromatic N) is 3. The molecule has 0 heterocycles. The lowest BCUT2D eigenvalue weighted by Gasteiger charge is -2.25. The predicted molar refractivity (Wildman–Crippen MR) is 63.8 cm³/mol. The van der Waals surface area contributed by atoms with Gasteiger partial charge in [-0.25, -0.2) is 0 Å². The molecule has 0 aliphatic rings. The summed E-state index contributed by atoms with van der Waals surface area (Å²) in [5, 5.41) is 0. The Morgan fingerprint density at radius 3 is 1.43 bits per heavy atom. The normalized spacial score (nSPS) is 12.4. The van der Waals surface area contributed by atoms with E-state index in [0.29, 0.717) is 0 Å². The van der Waals surface area contributed by atoms with Gasteiger partial charge < -0.3 is 14.7 Å². The number of hydrogen-bond acceptors (Lipinski definition) is 3. The summed E-state index contributed by atoms with van der Waals surface area (Å²) < 4.78 is 0. The second-order valence-corrected chi connectivity index (χ2v) is 4.98. The van der Waals surface area contributed by atoms with E-state index in [1.807, 2.05) is 0 Å². The first kappa shape index (κ1) is 13.9. The van der Waals surface area contributed by atoms with Gasteiger partial charge >= 0.3 is 0 Å². The Labute approximate surface area is 89.7 Å². The molecule has 0 aromatic rings. The third-order valence-corrected chi connectivity index (χ3v) is 2.23. The fourth-order valence-corrected chi connectivity index (χ4v) is 1.71. The van der Waals surface area contributed by atoms with Gasteiger partial charge in [0.15, 0.2) is 0 Å². The molecule has 0 radical (unpaired) electrons. The minimum absolute atomic E-state index is 0.780. The van der Waals surface area contributed by atoms with E-state index in [4.69, 9.17) is 0 Å². The predicted octanol–water partition coefficient (Wildman–Crippen LogP) is 0.678. The molecule has 3 heteroatoms. The molecule has 14 heavy (non-hydrogen) atoms. The molecular formula is C11H27N3. The van der Waals surface area contributed by atoms with Crippen LogP contribution in [-0.2, 0) is 0 Å². The first-order chi connectivity index (χ1) is 6.41. The zero-order chi connectivity index (χ0) is 11.1. The van der Waals surface area contributed by atoms with E-state index in [2.05, 4.69) is 57.0 Å². The van der Waals surface area contributed by atoms with Gasteiger partial charge in [0.1, 0.15) is 0 Å². The highest BCUT2D eigenvalue weighted by molar-refractivity contribution is 4.66. The van der Waals surface area contributed by atoms with Gasteiger partial charge in [0, 0.05) is 13.1 Å². The second kappa shape index (κ2) is 7.21. The lowest BCUT2D eigenvalue weighted by atomic mass is 10.0. The van der Waals surface area contributed by atoms with Gasteiger partial charge in [0.05, 0.1) is 0 Å². The van der Waals surface area contributed by atoms with Crippen LogP contribution in [0, 0.1) is 5.92 Å². The maximum Gasteiger partial charge on any atom is 0.00163 e. The van der Waals surface area contributed by atoms with Crippen molar-refractivity contribution in [1.82, 2.24) is 14.7 Å². The monoisotopic (exact) mass is 201 g/mol. The molecule has 0 aliphatic carbocycles. The van der Waals surface area contributed by atoms with Crippen molar-refractivity contribution >= 4 is 0 Å². The summed E-state index contributed by atoms with van der Waals surface area (Å²) in [7, 11) is 12.9. The quantitative estimate of drug-likeness (QED) is 0.600. The standard InChI is InChI=1S/C11H27N3/c1-12(2)8-7-11(9-13(3)4)10-14(5)6/h11H,7-10H2,1-6H3.